The number of rotatable bonds is 2. The molecule has 2 heteroatoms. The Labute approximate surface area is 108 Å². The molecule has 0 aliphatic carbocycles. The summed E-state index contributed by atoms with van der Waals surface area (Å²) in [4.78, 5) is 0. The molecule has 0 heterocycles. The third kappa shape index (κ3) is 2.19. The van der Waals surface area contributed by atoms with E-state index in [4.69, 9.17) is 0 Å². The van der Waals surface area contributed by atoms with Gasteiger partial charge in [0.05, 0.1) is 0 Å². The van der Waals surface area contributed by atoms with Crippen molar-refractivity contribution in [1.82, 2.24) is 0 Å². The highest BCUT2D eigenvalue weighted by atomic mass is 16.3. The van der Waals surface area contributed by atoms with Gasteiger partial charge in [-0.25, -0.2) is 0 Å². The van der Waals surface area contributed by atoms with Crippen molar-refractivity contribution < 1.29 is 10.2 Å². The molecule has 0 aliphatic rings. The second kappa shape index (κ2) is 4.73. The number of aromatic hydroxyl groups is 2. The van der Waals surface area contributed by atoms with Crippen LogP contribution in [0.3, 0.4) is 0 Å². The summed E-state index contributed by atoms with van der Waals surface area (Å²) in [5.41, 5.74) is 3.62. The predicted molar refractivity (Wildman–Crippen MR) is 73.2 cm³/mol. The van der Waals surface area contributed by atoms with Crippen LogP contribution >= 0.6 is 0 Å². The number of benzene rings is 2. The number of para-hydroxylation sites is 1. The molecule has 0 saturated heterocycles. The van der Waals surface area contributed by atoms with E-state index in [-0.39, 0.29) is 5.92 Å². The van der Waals surface area contributed by atoms with E-state index in [0.717, 1.165) is 22.3 Å². The topological polar surface area (TPSA) is 40.5 Å². The minimum absolute atomic E-state index is 0.0522. The minimum Gasteiger partial charge on any atom is -0.508 e. The maximum atomic E-state index is 10.1. The first-order valence-corrected chi connectivity index (χ1v) is 6.08. The third-order valence-corrected chi connectivity index (χ3v) is 3.47. The van der Waals surface area contributed by atoms with E-state index in [9.17, 15) is 10.2 Å². The fraction of sp³-hybridized carbons (Fsp3) is 0.250. The van der Waals surface area contributed by atoms with Gasteiger partial charge in [-0.05, 0) is 36.6 Å². The molecule has 0 aromatic heterocycles. The maximum absolute atomic E-state index is 10.1. The zero-order valence-corrected chi connectivity index (χ0v) is 10.9. The van der Waals surface area contributed by atoms with Crippen molar-refractivity contribution in [3.63, 3.8) is 0 Å². The summed E-state index contributed by atoms with van der Waals surface area (Å²) in [6.45, 7) is 5.78. The van der Waals surface area contributed by atoms with Crippen LogP contribution in [0.2, 0.25) is 0 Å². The lowest BCUT2D eigenvalue weighted by Crippen LogP contribution is -1.97. The van der Waals surface area contributed by atoms with E-state index >= 15 is 0 Å². The van der Waals surface area contributed by atoms with Crippen LogP contribution < -0.4 is 0 Å². The van der Waals surface area contributed by atoms with Crippen molar-refractivity contribution in [1.29, 1.82) is 0 Å². The highest BCUT2D eigenvalue weighted by molar-refractivity contribution is 5.47. The number of hydrogen-bond donors (Lipinski definition) is 2. The van der Waals surface area contributed by atoms with Gasteiger partial charge in [0.1, 0.15) is 11.5 Å². The lowest BCUT2D eigenvalue weighted by molar-refractivity contribution is 0.460. The fourth-order valence-corrected chi connectivity index (χ4v) is 2.11. The first kappa shape index (κ1) is 12.5. The molecule has 0 saturated carbocycles. The van der Waals surface area contributed by atoms with Crippen LogP contribution in [0.5, 0.6) is 11.5 Å². The highest BCUT2D eigenvalue weighted by Crippen LogP contribution is 2.34. The average Bonchev–Trinajstić information content (AvgIpc) is 2.35. The van der Waals surface area contributed by atoms with Crippen molar-refractivity contribution in [2.24, 2.45) is 0 Å². The van der Waals surface area contributed by atoms with Gasteiger partial charge in [0, 0.05) is 11.5 Å². The van der Waals surface area contributed by atoms with Gasteiger partial charge < -0.3 is 10.2 Å². The second-order valence-corrected chi connectivity index (χ2v) is 4.78. The SMILES string of the molecule is Cc1ccc(C(C)c2cccc(C)c2O)cc1O. The van der Waals surface area contributed by atoms with Crippen LogP contribution in [-0.4, -0.2) is 10.2 Å². The second-order valence-electron chi connectivity index (χ2n) is 4.78. The first-order valence-electron chi connectivity index (χ1n) is 6.08. The Morgan fingerprint density at radius 2 is 1.67 bits per heavy atom. The molecular weight excluding hydrogens is 224 g/mol. The number of phenolic OH excluding ortho intramolecular Hbond substituents is 2. The van der Waals surface area contributed by atoms with Gasteiger partial charge in [-0.15, -0.1) is 0 Å². The Morgan fingerprint density at radius 3 is 2.33 bits per heavy atom. The van der Waals surface area contributed by atoms with Crippen LogP contribution in [0.15, 0.2) is 36.4 Å². The predicted octanol–water partition coefficient (Wildman–Crippen LogP) is 3.87. The molecule has 2 nitrogen and oxygen atoms in total. The van der Waals surface area contributed by atoms with Crippen molar-refractivity contribution in [3.8, 4) is 11.5 Å². The van der Waals surface area contributed by atoms with Gasteiger partial charge in [-0.2, -0.15) is 0 Å². The summed E-state index contributed by atoms with van der Waals surface area (Å²) in [5.74, 6) is 0.688. The highest BCUT2D eigenvalue weighted by Gasteiger charge is 2.14. The normalized spacial score (nSPS) is 12.4. The monoisotopic (exact) mass is 242 g/mol. The minimum atomic E-state index is 0.0522. The first-order chi connectivity index (χ1) is 8.50. The lowest BCUT2D eigenvalue weighted by Gasteiger charge is -2.16. The van der Waals surface area contributed by atoms with Crippen molar-refractivity contribution >= 4 is 0 Å². The van der Waals surface area contributed by atoms with Gasteiger partial charge in [0.25, 0.3) is 0 Å². The quantitative estimate of drug-likeness (QED) is 0.839. The van der Waals surface area contributed by atoms with Gasteiger partial charge in [0.2, 0.25) is 0 Å². The molecule has 18 heavy (non-hydrogen) atoms. The van der Waals surface area contributed by atoms with E-state index < -0.39 is 0 Å². The van der Waals surface area contributed by atoms with Crippen LogP contribution in [-0.2, 0) is 0 Å². The maximum Gasteiger partial charge on any atom is 0.122 e. The Kier molecular flexibility index (Phi) is 3.28. The lowest BCUT2D eigenvalue weighted by atomic mass is 9.90. The van der Waals surface area contributed by atoms with Gasteiger partial charge in [0.15, 0.2) is 0 Å². The molecule has 2 N–H and O–H groups in total. The molecule has 0 fully saturated rings. The smallest absolute Gasteiger partial charge is 0.122 e. The average molecular weight is 242 g/mol. The summed E-state index contributed by atoms with van der Waals surface area (Å²) in [5, 5.41) is 19.8. The van der Waals surface area contributed by atoms with E-state index in [1.54, 1.807) is 6.07 Å². The Hall–Kier alpha value is -1.96. The molecule has 0 radical (unpaired) electrons. The summed E-state index contributed by atoms with van der Waals surface area (Å²) in [6, 6.07) is 11.4. The van der Waals surface area contributed by atoms with E-state index in [1.807, 2.05) is 51.1 Å². The van der Waals surface area contributed by atoms with Crippen LogP contribution in [0, 0.1) is 13.8 Å². The molecule has 0 amide bonds. The van der Waals surface area contributed by atoms with Crippen LogP contribution in [0.1, 0.15) is 35.1 Å². The third-order valence-electron chi connectivity index (χ3n) is 3.47. The fourth-order valence-electron chi connectivity index (χ4n) is 2.11. The van der Waals surface area contributed by atoms with Crippen molar-refractivity contribution in [3.05, 3.63) is 58.7 Å². The molecule has 2 rings (SSSR count). The summed E-state index contributed by atoms with van der Waals surface area (Å²) in [6.07, 6.45) is 0. The molecule has 0 aliphatic heterocycles. The van der Waals surface area contributed by atoms with Crippen molar-refractivity contribution in [2.45, 2.75) is 26.7 Å². The molecule has 0 spiro atoms. The number of hydrogen-bond acceptors (Lipinski definition) is 2. The van der Waals surface area contributed by atoms with Crippen molar-refractivity contribution in [2.75, 3.05) is 0 Å². The zero-order chi connectivity index (χ0) is 13.3. The molecule has 2 aromatic rings. The van der Waals surface area contributed by atoms with Gasteiger partial charge in [-0.1, -0.05) is 37.3 Å². The number of aryl methyl sites for hydroxylation is 2. The summed E-state index contributed by atoms with van der Waals surface area (Å²) >= 11 is 0. The molecule has 0 bridgehead atoms. The standard InChI is InChI=1S/C16H18O2/c1-10-7-8-13(9-15(10)17)12(3)14-6-4-5-11(2)16(14)18/h4-9,12,17-18H,1-3H3. The van der Waals surface area contributed by atoms with E-state index in [2.05, 4.69) is 0 Å². The van der Waals surface area contributed by atoms with Gasteiger partial charge in [-0.3, -0.25) is 0 Å². The molecule has 2 aromatic carbocycles. The Balaban J connectivity index is 2.44. The Bertz CT molecular complexity index is 573. The Morgan fingerprint density at radius 1 is 0.944 bits per heavy atom. The van der Waals surface area contributed by atoms with Gasteiger partial charge >= 0.3 is 0 Å². The number of phenols is 2. The van der Waals surface area contributed by atoms with E-state index in [0.29, 0.717) is 11.5 Å². The van der Waals surface area contributed by atoms with Crippen LogP contribution in [0.25, 0.3) is 0 Å². The van der Waals surface area contributed by atoms with Crippen LogP contribution in [0.4, 0.5) is 0 Å². The largest absolute Gasteiger partial charge is 0.508 e. The molecule has 1 unspecified atom stereocenters. The zero-order valence-electron chi connectivity index (χ0n) is 10.9. The summed E-state index contributed by atoms with van der Waals surface area (Å²) < 4.78 is 0. The molecule has 94 valence electrons. The van der Waals surface area contributed by atoms with E-state index in [1.165, 1.54) is 0 Å². The molecule has 1 atom stereocenters. The summed E-state index contributed by atoms with van der Waals surface area (Å²) in [7, 11) is 0. The molecular formula is C16H18O2.